The van der Waals surface area contributed by atoms with E-state index in [9.17, 15) is 0 Å². The van der Waals surface area contributed by atoms with Crippen LogP contribution in [-0.4, -0.2) is 29.6 Å². The van der Waals surface area contributed by atoms with E-state index >= 15 is 0 Å². The molecule has 0 aromatic rings. The molecule has 1 aliphatic heterocycles. The maximum absolute atomic E-state index is 6.05. The summed E-state index contributed by atoms with van der Waals surface area (Å²) in [5.41, 5.74) is 6.05. The summed E-state index contributed by atoms with van der Waals surface area (Å²) in [5.74, 6) is 1.03. The van der Waals surface area contributed by atoms with Gasteiger partial charge in [0, 0.05) is 24.7 Å². The minimum atomic E-state index is 0.456. The molecule has 17 heavy (non-hydrogen) atoms. The fourth-order valence-electron chi connectivity index (χ4n) is 3.94. The van der Waals surface area contributed by atoms with Crippen LogP contribution in [0.25, 0.3) is 0 Å². The van der Waals surface area contributed by atoms with Gasteiger partial charge in [-0.2, -0.15) is 0 Å². The second kappa shape index (κ2) is 6.19. The van der Waals surface area contributed by atoms with Gasteiger partial charge >= 0.3 is 0 Å². The zero-order valence-electron chi connectivity index (χ0n) is 11.7. The largest absolute Gasteiger partial charge is 0.328 e. The van der Waals surface area contributed by atoms with Crippen molar-refractivity contribution in [2.24, 2.45) is 11.7 Å². The van der Waals surface area contributed by atoms with Gasteiger partial charge in [0.25, 0.3) is 0 Å². The molecular formula is C15H30N2. The van der Waals surface area contributed by atoms with Crippen molar-refractivity contribution >= 4 is 0 Å². The molecule has 2 N–H and O–H groups in total. The summed E-state index contributed by atoms with van der Waals surface area (Å²) in [5, 5.41) is 0. The van der Waals surface area contributed by atoms with Crippen molar-refractivity contribution in [2.75, 3.05) is 6.54 Å². The summed E-state index contributed by atoms with van der Waals surface area (Å²) in [4.78, 5) is 2.76. The molecule has 1 aliphatic carbocycles. The van der Waals surface area contributed by atoms with Gasteiger partial charge in [0.2, 0.25) is 0 Å². The second-order valence-corrected chi connectivity index (χ2v) is 6.33. The number of hydrogen-bond acceptors (Lipinski definition) is 2. The molecule has 2 atom stereocenters. The first kappa shape index (κ1) is 13.4. The Morgan fingerprint density at radius 1 is 1.12 bits per heavy atom. The van der Waals surface area contributed by atoms with Crippen LogP contribution in [0.1, 0.15) is 65.2 Å². The van der Waals surface area contributed by atoms with Crippen LogP contribution < -0.4 is 5.73 Å². The Morgan fingerprint density at radius 2 is 1.82 bits per heavy atom. The van der Waals surface area contributed by atoms with Gasteiger partial charge in [-0.25, -0.2) is 0 Å². The monoisotopic (exact) mass is 238 g/mol. The lowest BCUT2D eigenvalue weighted by molar-refractivity contribution is 0.0633. The van der Waals surface area contributed by atoms with E-state index in [1.54, 1.807) is 0 Å². The topological polar surface area (TPSA) is 29.3 Å². The Hall–Kier alpha value is -0.0800. The third-order valence-electron chi connectivity index (χ3n) is 4.95. The molecule has 1 saturated heterocycles. The maximum Gasteiger partial charge on any atom is 0.00983 e. The normalized spacial score (nSPS) is 40.4. The predicted octanol–water partition coefficient (Wildman–Crippen LogP) is 3.16. The van der Waals surface area contributed by atoms with E-state index in [1.165, 1.54) is 57.9 Å². The molecule has 2 fully saturated rings. The van der Waals surface area contributed by atoms with E-state index in [4.69, 9.17) is 5.73 Å². The summed E-state index contributed by atoms with van der Waals surface area (Å²) in [6.07, 6.45) is 11.0. The zero-order chi connectivity index (χ0) is 12.3. The maximum atomic E-state index is 6.05. The molecule has 2 heteroatoms. The quantitative estimate of drug-likeness (QED) is 0.818. The van der Waals surface area contributed by atoms with Gasteiger partial charge in [-0.1, -0.05) is 19.8 Å². The van der Waals surface area contributed by atoms with Crippen molar-refractivity contribution < 1.29 is 0 Å². The first-order chi connectivity index (χ1) is 8.20. The second-order valence-electron chi connectivity index (χ2n) is 6.33. The molecule has 2 unspecified atom stereocenters. The number of likely N-dealkylation sites (tertiary alicyclic amines) is 1. The molecule has 0 bridgehead atoms. The van der Waals surface area contributed by atoms with Gasteiger partial charge in [0.15, 0.2) is 0 Å². The van der Waals surface area contributed by atoms with Gasteiger partial charge in [-0.3, -0.25) is 4.90 Å². The van der Waals surface area contributed by atoms with Gasteiger partial charge in [0.05, 0.1) is 0 Å². The summed E-state index contributed by atoms with van der Waals surface area (Å²) in [6, 6.07) is 2.04. The Bertz CT molecular complexity index is 221. The van der Waals surface area contributed by atoms with Crippen molar-refractivity contribution in [3.8, 4) is 0 Å². The van der Waals surface area contributed by atoms with Crippen molar-refractivity contribution in [3.05, 3.63) is 0 Å². The Morgan fingerprint density at radius 3 is 2.41 bits per heavy atom. The summed E-state index contributed by atoms with van der Waals surface area (Å²) in [6.45, 7) is 5.93. The van der Waals surface area contributed by atoms with Crippen LogP contribution in [0.5, 0.6) is 0 Å². The Labute approximate surface area is 107 Å². The number of nitrogens with two attached hydrogens (primary N) is 1. The molecule has 1 heterocycles. The molecule has 2 aliphatic rings. The lowest BCUT2D eigenvalue weighted by Crippen LogP contribution is -2.51. The van der Waals surface area contributed by atoms with Crippen molar-refractivity contribution in [1.29, 1.82) is 0 Å². The van der Waals surface area contributed by atoms with Crippen LogP contribution in [0, 0.1) is 5.92 Å². The van der Waals surface area contributed by atoms with Crippen molar-refractivity contribution in [3.63, 3.8) is 0 Å². The summed E-state index contributed by atoms with van der Waals surface area (Å²) < 4.78 is 0. The van der Waals surface area contributed by atoms with E-state index < -0.39 is 0 Å². The van der Waals surface area contributed by atoms with E-state index in [1.807, 2.05) is 0 Å². The zero-order valence-corrected chi connectivity index (χ0v) is 11.7. The molecule has 0 spiro atoms. The average Bonchev–Trinajstić information content (AvgIpc) is 2.31. The van der Waals surface area contributed by atoms with E-state index in [2.05, 4.69) is 18.7 Å². The van der Waals surface area contributed by atoms with Crippen molar-refractivity contribution in [2.45, 2.75) is 83.3 Å². The van der Waals surface area contributed by atoms with Crippen LogP contribution >= 0.6 is 0 Å². The molecule has 0 aromatic heterocycles. The molecule has 100 valence electrons. The van der Waals surface area contributed by atoms with Crippen LogP contribution in [0.4, 0.5) is 0 Å². The lowest BCUT2D eigenvalue weighted by atomic mass is 9.81. The predicted molar refractivity (Wildman–Crippen MR) is 74.0 cm³/mol. The van der Waals surface area contributed by atoms with Gasteiger partial charge in [-0.05, 0) is 51.4 Å². The number of nitrogens with zero attached hydrogens (tertiary/aromatic N) is 1. The van der Waals surface area contributed by atoms with Crippen molar-refractivity contribution in [1.82, 2.24) is 4.90 Å². The molecule has 2 nitrogen and oxygen atoms in total. The van der Waals surface area contributed by atoms with Crippen LogP contribution in [-0.2, 0) is 0 Å². The summed E-state index contributed by atoms with van der Waals surface area (Å²) in [7, 11) is 0. The van der Waals surface area contributed by atoms with E-state index in [0.29, 0.717) is 12.1 Å². The highest BCUT2D eigenvalue weighted by Gasteiger charge is 2.31. The Kier molecular flexibility index (Phi) is 4.87. The fraction of sp³-hybridized carbons (Fsp3) is 1.00. The Balaban J connectivity index is 1.80. The molecule has 0 amide bonds. The molecule has 0 radical (unpaired) electrons. The highest BCUT2D eigenvalue weighted by molar-refractivity contribution is 4.87. The standard InChI is InChI=1S/C15H30N2/c1-3-4-13-5-7-15(8-6-13)17-10-9-14(16)11-12(17)2/h12-15H,3-11,16H2,1-2H3. The smallest absolute Gasteiger partial charge is 0.00983 e. The lowest BCUT2D eigenvalue weighted by Gasteiger charge is -2.44. The van der Waals surface area contributed by atoms with Gasteiger partial charge < -0.3 is 5.73 Å². The van der Waals surface area contributed by atoms with Crippen LogP contribution in [0.3, 0.4) is 0 Å². The molecular weight excluding hydrogens is 208 g/mol. The number of piperidine rings is 1. The average molecular weight is 238 g/mol. The molecule has 0 aromatic carbocycles. The van der Waals surface area contributed by atoms with Gasteiger partial charge in [0.1, 0.15) is 0 Å². The van der Waals surface area contributed by atoms with E-state index in [-0.39, 0.29) is 0 Å². The van der Waals surface area contributed by atoms with Crippen LogP contribution in [0.15, 0.2) is 0 Å². The fourth-order valence-corrected chi connectivity index (χ4v) is 3.94. The molecule has 2 rings (SSSR count). The highest BCUT2D eigenvalue weighted by Crippen LogP contribution is 2.33. The first-order valence-corrected chi connectivity index (χ1v) is 7.72. The highest BCUT2D eigenvalue weighted by atomic mass is 15.2. The van der Waals surface area contributed by atoms with Gasteiger partial charge in [-0.15, -0.1) is 0 Å². The summed E-state index contributed by atoms with van der Waals surface area (Å²) >= 11 is 0. The minimum Gasteiger partial charge on any atom is -0.328 e. The number of rotatable bonds is 3. The number of hydrogen-bond donors (Lipinski definition) is 1. The first-order valence-electron chi connectivity index (χ1n) is 7.72. The molecule has 1 saturated carbocycles. The third kappa shape index (κ3) is 3.45. The third-order valence-corrected chi connectivity index (χ3v) is 4.95. The minimum absolute atomic E-state index is 0.456. The van der Waals surface area contributed by atoms with E-state index in [0.717, 1.165) is 12.0 Å². The van der Waals surface area contributed by atoms with Crippen LogP contribution in [0.2, 0.25) is 0 Å². The SMILES string of the molecule is CCCC1CCC(N2CCC(N)CC2C)CC1.